The maximum absolute atomic E-state index is 10.6. The zero-order valence-electron chi connectivity index (χ0n) is 14.4. The topological polar surface area (TPSA) is 57.5 Å². The number of aliphatic hydroxyl groups excluding tert-OH is 1. The van der Waals surface area contributed by atoms with E-state index < -0.39 is 5.97 Å². The summed E-state index contributed by atoms with van der Waals surface area (Å²) in [6, 6.07) is 0. The van der Waals surface area contributed by atoms with E-state index in [9.17, 15) is 9.90 Å². The van der Waals surface area contributed by atoms with Crippen LogP contribution in [0, 0.1) is 5.41 Å². The number of unbranched alkanes of at least 4 members (excludes halogenated alkanes) is 7. The highest BCUT2D eigenvalue weighted by molar-refractivity contribution is 5.66. The minimum atomic E-state index is -0.749. The number of hydrogen-bond donors (Lipinski definition) is 2. The van der Waals surface area contributed by atoms with E-state index in [0.717, 1.165) is 12.8 Å². The summed E-state index contributed by atoms with van der Waals surface area (Å²) in [7, 11) is 0. The van der Waals surface area contributed by atoms with Crippen LogP contribution in [-0.2, 0) is 4.79 Å². The first-order chi connectivity index (χ1) is 9.87. The molecule has 0 aromatic rings. The Hall–Kier alpha value is -0.570. The lowest BCUT2D eigenvalue weighted by atomic mass is 9.81. The lowest BCUT2D eigenvalue weighted by Crippen LogP contribution is -2.21. The molecule has 0 rings (SSSR count). The molecule has 0 aliphatic heterocycles. The molecule has 0 bridgehead atoms. The van der Waals surface area contributed by atoms with Gasteiger partial charge in [-0.2, -0.15) is 0 Å². The van der Waals surface area contributed by atoms with Crippen molar-refractivity contribution in [2.24, 2.45) is 5.41 Å². The summed E-state index contributed by atoms with van der Waals surface area (Å²) in [5.74, 6) is -0.749. The Kier molecular flexibility index (Phi) is 11.7. The van der Waals surface area contributed by atoms with Gasteiger partial charge < -0.3 is 10.2 Å². The van der Waals surface area contributed by atoms with Crippen LogP contribution in [0.25, 0.3) is 0 Å². The Morgan fingerprint density at radius 3 is 2.05 bits per heavy atom. The Morgan fingerprint density at radius 2 is 1.52 bits per heavy atom. The van der Waals surface area contributed by atoms with Gasteiger partial charge in [0.05, 0.1) is 6.10 Å². The minimum Gasteiger partial charge on any atom is -0.481 e. The van der Waals surface area contributed by atoms with Crippen molar-refractivity contribution in [1.29, 1.82) is 0 Å². The third-order valence-corrected chi connectivity index (χ3v) is 4.19. The molecule has 1 atom stereocenters. The molecule has 0 aliphatic rings. The van der Waals surface area contributed by atoms with Crippen LogP contribution in [0.4, 0.5) is 0 Å². The summed E-state index contributed by atoms with van der Waals surface area (Å²) < 4.78 is 0. The molecule has 3 heteroatoms. The van der Waals surface area contributed by atoms with Crippen LogP contribution in [0.1, 0.15) is 97.8 Å². The third kappa shape index (κ3) is 14.1. The molecule has 1 unspecified atom stereocenters. The standard InChI is InChI=1S/C18H36O3/c1-4-5-6-7-8-9-10-11-12-16(19)15-18(2,3)14-13-17(20)21/h16,19H,4-15H2,1-3H3,(H,20,21). The molecule has 0 fully saturated rings. The van der Waals surface area contributed by atoms with Gasteiger partial charge in [-0.25, -0.2) is 0 Å². The zero-order valence-corrected chi connectivity index (χ0v) is 14.4. The Bertz CT molecular complexity index is 261. The van der Waals surface area contributed by atoms with Crippen molar-refractivity contribution < 1.29 is 15.0 Å². The number of rotatable bonds is 14. The molecule has 0 saturated carbocycles. The van der Waals surface area contributed by atoms with Gasteiger partial charge in [-0.15, -0.1) is 0 Å². The third-order valence-electron chi connectivity index (χ3n) is 4.19. The first-order valence-electron chi connectivity index (χ1n) is 8.77. The second kappa shape index (κ2) is 12.0. The van der Waals surface area contributed by atoms with Gasteiger partial charge in [0.25, 0.3) is 0 Å². The maximum Gasteiger partial charge on any atom is 0.303 e. The van der Waals surface area contributed by atoms with E-state index in [1.807, 2.05) is 13.8 Å². The second-order valence-corrected chi connectivity index (χ2v) is 7.18. The number of aliphatic carboxylic acids is 1. The predicted octanol–water partition coefficient (Wildman–Crippen LogP) is 5.16. The molecule has 2 N–H and O–H groups in total. The summed E-state index contributed by atoms with van der Waals surface area (Å²) in [5, 5.41) is 18.8. The fourth-order valence-corrected chi connectivity index (χ4v) is 2.80. The Labute approximate surface area is 131 Å². The van der Waals surface area contributed by atoms with Crippen LogP contribution in [-0.4, -0.2) is 22.3 Å². The van der Waals surface area contributed by atoms with Gasteiger partial charge in [0.15, 0.2) is 0 Å². The molecule has 0 aromatic carbocycles. The average molecular weight is 300 g/mol. The quantitative estimate of drug-likeness (QED) is 0.436. The second-order valence-electron chi connectivity index (χ2n) is 7.18. The molecule has 0 radical (unpaired) electrons. The lowest BCUT2D eigenvalue weighted by Gasteiger charge is -2.26. The fourth-order valence-electron chi connectivity index (χ4n) is 2.80. The SMILES string of the molecule is CCCCCCCCCCC(O)CC(C)(C)CCC(=O)O. The summed E-state index contributed by atoms with van der Waals surface area (Å²) in [6.07, 6.45) is 12.3. The molecule has 0 saturated heterocycles. The first kappa shape index (κ1) is 20.4. The molecule has 3 nitrogen and oxygen atoms in total. The molecule has 0 aliphatic carbocycles. The van der Waals surface area contributed by atoms with Crippen LogP contribution in [0.2, 0.25) is 0 Å². The van der Waals surface area contributed by atoms with E-state index >= 15 is 0 Å². The highest BCUT2D eigenvalue weighted by atomic mass is 16.4. The summed E-state index contributed by atoms with van der Waals surface area (Å²) >= 11 is 0. The highest BCUT2D eigenvalue weighted by Gasteiger charge is 2.22. The van der Waals surface area contributed by atoms with E-state index in [0.29, 0.717) is 12.8 Å². The fraction of sp³-hybridized carbons (Fsp3) is 0.944. The average Bonchev–Trinajstić information content (AvgIpc) is 2.39. The molecule has 21 heavy (non-hydrogen) atoms. The van der Waals surface area contributed by atoms with Gasteiger partial charge in [0, 0.05) is 6.42 Å². The van der Waals surface area contributed by atoms with Crippen molar-refractivity contribution in [3.63, 3.8) is 0 Å². The van der Waals surface area contributed by atoms with Crippen LogP contribution in [0.3, 0.4) is 0 Å². The Morgan fingerprint density at radius 1 is 1.00 bits per heavy atom. The van der Waals surface area contributed by atoms with E-state index in [4.69, 9.17) is 5.11 Å². The van der Waals surface area contributed by atoms with E-state index in [1.165, 1.54) is 44.9 Å². The molecule has 0 spiro atoms. The smallest absolute Gasteiger partial charge is 0.303 e. The highest BCUT2D eigenvalue weighted by Crippen LogP contribution is 2.29. The van der Waals surface area contributed by atoms with Gasteiger partial charge in [0.1, 0.15) is 0 Å². The van der Waals surface area contributed by atoms with E-state index in [1.54, 1.807) is 0 Å². The summed E-state index contributed by atoms with van der Waals surface area (Å²) in [5.41, 5.74) is -0.0854. The number of hydrogen-bond acceptors (Lipinski definition) is 2. The number of carboxylic acids is 1. The first-order valence-corrected chi connectivity index (χ1v) is 8.77. The van der Waals surface area contributed by atoms with Gasteiger partial charge in [0.2, 0.25) is 0 Å². The summed E-state index contributed by atoms with van der Waals surface area (Å²) in [6.45, 7) is 6.33. The number of carboxylic acid groups (broad SMARTS) is 1. The van der Waals surface area contributed by atoms with E-state index in [2.05, 4.69) is 6.92 Å². The largest absolute Gasteiger partial charge is 0.481 e. The normalized spacial score (nSPS) is 13.3. The molecular weight excluding hydrogens is 264 g/mol. The molecular formula is C18H36O3. The monoisotopic (exact) mass is 300 g/mol. The summed E-state index contributed by atoms with van der Waals surface area (Å²) in [4.78, 5) is 10.6. The van der Waals surface area contributed by atoms with Gasteiger partial charge in [-0.05, 0) is 24.7 Å². The van der Waals surface area contributed by atoms with Crippen molar-refractivity contribution in [2.45, 2.75) is 104 Å². The van der Waals surface area contributed by atoms with Crippen molar-refractivity contribution in [2.75, 3.05) is 0 Å². The van der Waals surface area contributed by atoms with E-state index in [-0.39, 0.29) is 17.9 Å². The van der Waals surface area contributed by atoms with Crippen molar-refractivity contribution in [1.82, 2.24) is 0 Å². The molecule has 126 valence electrons. The van der Waals surface area contributed by atoms with Crippen LogP contribution >= 0.6 is 0 Å². The van der Waals surface area contributed by atoms with Crippen molar-refractivity contribution in [3.8, 4) is 0 Å². The Balaban J connectivity index is 3.56. The van der Waals surface area contributed by atoms with Crippen molar-refractivity contribution in [3.05, 3.63) is 0 Å². The van der Waals surface area contributed by atoms with Gasteiger partial charge in [-0.3, -0.25) is 4.79 Å². The van der Waals surface area contributed by atoms with Crippen LogP contribution < -0.4 is 0 Å². The maximum atomic E-state index is 10.6. The molecule has 0 heterocycles. The predicted molar refractivity (Wildman–Crippen MR) is 88.5 cm³/mol. The van der Waals surface area contributed by atoms with Crippen molar-refractivity contribution >= 4 is 5.97 Å². The van der Waals surface area contributed by atoms with Gasteiger partial charge >= 0.3 is 5.97 Å². The molecule has 0 amide bonds. The minimum absolute atomic E-state index is 0.0854. The zero-order chi connectivity index (χ0) is 16.1. The lowest BCUT2D eigenvalue weighted by molar-refractivity contribution is -0.137. The van der Waals surface area contributed by atoms with Crippen LogP contribution in [0.5, 0.6) is 0 Å². The van der Waals surface area contributed by atoms with Crippen LogP contribution in [0.15, 0.2) is 0 Å². The van der Waals surface area contributed by atoms with Gasteiger partial charge in [-0.1, -0.05) is 72.1 Å². The number of aliphatic hydroxyl groups is 1. The number of carbonyl (C=O) groups is 1. The molecule has 0 aromatic heterocycles.